The van der Waals surface area contributed by atoms with E-state index in [1.807, 2.05) is 0 Å². The molecule has 1 amide bonds. The Morgan fingerprint density at radius 3 is 2.74 bits per heavy atom. The molecule has 1 N–H and O–H groups in total. The molecule has 0 unspecified atom stereocenters. The maximum absolute atomic E-state index is 13.6. The van der Waals surface area contributed by atoms with E-state index in [4.69, 9.17) is 23.2 Å². The maximum Gasteiger partial charge on any atom is 0.258 e. The third-order valence-electron chi connectivity index (χ3n) is 2.52. The van der Waals surface area contributed by atoms with Crippen LogP contribution in [0.2, 0.25) is 10.2 Å². The van der Waals surface area contributed by atoms with Crippen molar-refractivity contribution < 1.29 is 9.18 Å². The van der Waals surface area contributed by atoms with Gasteiger partial charge in [0.1, 0.15) is 5.82 Å². The van der Waals surface area contributed by atoms with Crippen LogP contribution in [0.4, 0.5) is 10.1 Å². The molecule has 0 spiro atoms. The fraction of sp³-hybridized carbons (Fsp3) is 0.0769. The van der Waals surface area contributed by atoms with E-state index in [1.165, 1.54) is 18.3 Å². The first kappa shape index (κ1) is 13.8. The molecule has 1 aromatic carbocycles. The molecule has 0 saturated carbocycles. The van der Waals surface area contributed by atoms with Crippen LogP contribution in [0.1, 0.15) is 15.9 Å². The molecule has 0 radical (unpaired) electrons. The molecule has 2 aromatic rings. The zero-order chi connectivity index (χ0) is 14.0. The number of hydrogen-bond acceptors (Lipinski definition) is 2. The average molecular weight is 299 g/mol. The molecule has 2 rings (SSSR count). The molecule has 0 fully saturated rings. The van der Waals surface area contributed by atoms with Crippen molar-refractivity contribution in [3.63, 3.8) is 0 Å². The fourth-order valence-electron chi connectivity index (χ4n) is 1.53. The van der Waals surface area contributed by atoms with Gasteiger partial charge in [-0.3, -0.25) is 4.79 Å². The number of aromatic nitrogens is 1. The van der Waals surface area contributed by atoms with Gasteiger partial charge in [0.25, 0.3) is 5.91 Å². The smallest absolute Gasteiger partial charge is 0.258 e. The summed E-state index contributed by atoms with van der Waals surface area (Å²) in [5, 5.41) is 2.96. The lowest BCUT2D eigenvalue weighted by Gasteiger charge is -2.10. The van der Waals surface area contributed by atoms with Crippen LogP contribution in [0.5, 0.6) is 0 Å². The Morgan fingerprint density at radius 1 is 1.32 bits per heavy atom. The van der Waals surface area contributed by atoms with Crippen LogP contribution in [-0.2, 0) is 0 Å². The van der Waals surface area contributed by atoms with E-state index in [-0.39, 0.29) is 15.7 Å². The van der Waals surface area contributed by atoms with Gasteiger partial charge in [0.15, 0.2) is 5.15 Å². The molecular weight excluding hydrogens is 290 g/mol. The second kappa shape index (κ2) is 5.55. The zero-order valence-electron chi connectivity index (χ0n) is 9.88. The Hall–Kier alpha value is -1.65. The summed E-state index contributed by atoms with van der Waals surface area (Å²) in [7, 11) is 0. The highest BCUT2D eigenvalue weighted by Gasteiger charge is 2.15. The van der Waals surface area contributed by atoms with E-state index in [0.717, 1.165) is 11.6 Å². The van der Waals surface area contributed by atoms with Gasteiger partial charge >= 0.3 is 0 Å². The number of carbonyl (C=O) groups is 1. The minimum atomic E-state index is -0.653. The van der Waals surface area contributed by atoms with Gasteiger partial charge in [-0.25, -0.2) is 9.37 Å². The minimum Gasteiger partial charge on any atom is -0.319 e. The van der Waals surface area contributed by atoms with E-state index in [0.29, 0.717) is 5.69 Å². The van der Waals surface area contributed by atoms with E-state index < -0.39 is 11.7 Å². The van der Waals surface area contributed by atoms with Gasteiger partial charge in [0.2, 0.25) is 0 Å². The SMILES string of the molecule is Cc1ccnc(Cl)c1NC(=O)c1cc(Cl)ccc1F. The maximum atomic E-state index is 13.6. The van der Waals surface area contributed by atoms with Crippen molar-refractivity contribution in [3.8, 4) is 0 Å². The number of pyridine rings is 1. The van der Waals surface area contributed by atoms with E-state index in [2.05, 4.69) is 10.3 Å². The number of amides is 1. The van der Waals surface area contributed by atoms with Gasteiger partial charge < -0.3 is 5.32 Å². The van der Waals surface area contributed by atoms with Crippen LogP contribution in [-0.4, -0.2) is 10.9 Å². The molecule has 19 heavy (non-hydrogen) atoms. The predicted octanol–water partition coefficient (Wildman–Crippen LogP) is 4.09. The first-order chi connectivity index (χ1) is 8.99. The minimum absolute atomic E-state index is 0.146. The molecule has 1 heterocycles. The Kier molecular flexibility index (Phi) is 4.02. The Labute approximate surface area is 119 Å². The van der Waals surface area contributed by atoms with Gasteiger partial charge in [-0.2, -0.15) is 0 Å². The molecule has 0 aliphatic heterocycles. The molecule has 0 saturated heterocycles. The monoisotopic (exact) mass is 298 g/mol. The fourth-order valence-corrected chi connectivity index (χ4v) is 1.95. The second-order valence-electron chi connectivity index (χ2n) is 3.87. The summed E-state index contributed by atoms with van der Waals surface area (Å²) in [6.45, 7) is 1.76. The molecule has 1 aromatic heterocycles. The molecule has 0 bridgehead atoms. The van der Waals surface area contributed by atoms with Crippen molar-refractivity contribution in [1.82, 2.24) is 4.98 Å². The lowest BCUT2D eigenvalue weighted by molar-refractivity contribution is 0.102. The van der Waals surface area contributed by atoms with Crippen LogP contribution in [0.15, 0.2) is 30.5 Å². The summed E-state index contributed by atoms with van der Waals surface area (Å²) in [6, 6.07) is 5.45. The highest BCUT2D eigenvalue weighted by atomic mass is 35.5. The Bertz CT molecular complexity index is 626. The number of halogens is 3. The van der Waals surface area contributed by atoms with Crippen molar-refractivity contribution in [1.29, 1.82) is 0 Å². The normalized spacial score (nSPS) is 10.3. The van der Waals surface area contributed by atoms with Crippen molar-refractivity contribution in [3.05, 3.63) is 57.6 Å². The topological polar surface area (TPSA) is 42.0 Å². The molecule has 6 heteroatoms. The molecular formula is C13H9Cl2FN2O. The largest absolute Gasteiger partial charge is 0.319 e. The molecule has 0 aliphatic rings. The molecule has 0 atom stereocenters. The zero-order valence-corrected chi connectivity index (χ0v) is 11.4. The number of nitrogens with zero attached hydrogens (tertiary/aromatic N) is 1. The van der Waals surface area contributed by atoms with Crippen LogP contribution in [0.25, 0.3) is 0 Å². The summed E-state index contributed by atoms with van der Waals surface area (Å²) < 4.78 is 13.6. The third kappa shape index (κ3) is 3.03. The number of anilines is 1. The summed E-state index contributed by atoms with van der Waals surface area (Å²) in [5.41, 5.74) is 0.941. The first-order valence-electron chi connectivity index (χ1n) is 5.36. The lowest BCUT2D eigenvalue weighted by Crippen LogP contribution is -2.15. The van der Waals surface area contributed by atoms with Gasteiger partial charge in [0, 0.05) is 11.2 Å². The summed E-state index contributed by atoms with van der Waals surface area (Å²) in [5.74, 6) is -1.28. The van der Waals surface area contributed by atoms with Crippen molar-refractivity contribution in [2.24, 2.45) is 0 Å². The van der Waals surface area contributed by atoms with Crippen molar-refractivity contribution in [2.45, 2.75) is 6.92 Å². The van der Waals surface area contributed by atoms with E-state index in [1.54, 1.807) is 13.0 Å². The Morgan fingerprint density at radius 2 is 2.05 bits per heavy atom. The quantitative estimate of drug-likeness (QED) is 0.849. The summed E-state index contributed by atoms with van der Waals surface area (Å²) in [6.07, 6.45) is 1.52. The molecule has 0 aliphatic carbocycles. The van der Waals surface area contributed by atoms with E-state index in [9.17, 15) is 9.18 Å². The van der Waals surface area contributed by atoms with Gasteiger partial charge in [0.05, 0.1) is 11.3 Å². The third-order valence-corrected chi connectivity index (χ3v) is 3.05. The van der Waals surface area contributed by atoms with Crippen molar-refractivity contribution >= 4 is 34.8 Å². The number of rotatable bonds is 2. The van der Waals surface area contributed by atoms with Crippen molar-refractivity contribution in [2.75, 3.05) is 5.32 Å². The second-order valence-corrected chi connectivity index (χ2v) is 4.67. The van der Waals surface area contributed by atoms with Gasteiger partial charge in [-0.1, -0.05) is 23.2 Å². The standard InChI is InChI=1S/C13H9Cl2FN2O/c1-7-4-5-17-12(15)11(7)18-13(19)9-6-8(14)2-3-10(9)16/h2-6H,1H3,(H,18,19). The van der Waals surface area contributed by atoms with Gasteiger partial charge in [-0.05, 0) is 36.8 Å². The van der Waals surface area contributed by atoms with Crippen LogP contribution in [0, 0.1) is 12.7 Å². The summed E-state index contributed by atoms with van der Waals surface area (Å²) >= 11 is 11.6. The number of nitrogens with one attached hydrogen (secondary N) is 1. The Balaban J connectivity index is 2.34. The van der Waals surface area contributed by atoms with Gasteiger partial charge in [-0.15, -0.1) is 0 Å². The predicted molar refractivity (Wildman–Crippen MR) is 73.3 cm³/mol. The molecule has 98 valence electrons. The number of aryl methyl sites for hydroxylation is 1. The van der Waals surface area contributed by atoms with Crippen LogP contribution in [0.3, 0.4) is 0 Å². The highest BCUT2D eigenvalue weighted by Crippen LogP contribution is 2.24. The number of carbonyl (C=O) groups excluding carboxylic acids is 1. The lowest BCUT2D eigenvalue weighted by atomic mass is 10.2. The van der Waals surface area contributed by atoms with Crippen LogP contribution >= 0.6 is 23.2 Å². The van der Waals surface area contributed by atoms with E-state index >= 15 is 0 Å². The molecule has 3 nitrogen and oxygen atoms in total. The van der Waals surface area contributed by atoms with Crippen LogP contribution < -0.4 is 5.32 Å². The average Bonchev–Trinajstić information content (AvgIpc) is 2.37. The highest BCUT2D eigenvalue weighted by molar-refractivity contribution is 6.33. The summed E-state index contributed by atoms with van der Waals surface area (Å²) in [4.78, 5) is 15.9. The number of benzene rings is 1. The number of hydrogen-bond donors (Lipinski definition) is 1. The first-order valence-corrected chi connectivity index (χ1v) is 6.12.